The second-order valence-corrected chi connectivity index (χ2v) is 12.2. The minimum atomic E-state index is -1.63. The molecule has 0 aliphatic rings. The molecule has 0 saturated carbocycles. The summed E-state index contributed by atoms with van der Waals surface area (Å²) < 4.78 is 6.01. The van der Waals surface area contributed by atoms with Crippen molar-refractivity contribution in [1.29, 1.82) is 0 Å². The van der Waals surface area contributed by atoms with Gasteiger partial charge in [-0.25, -0.2) is 0 Å². The summed E-state index contributed by atoms with van der Waals surface area (Å²) >= 11 is 3.61. The third kappa shape index (κ3) is 7.61. The molecule has 0 N–H and O–H groups in total. The van der Waals surface area contributed by atoms with Crippen LogP contribution in [0.2, 0.25) is 18.1 Å². The monoisotopic (exact) mass is 332 g/mol. The van der Waals surface area contributed by atoms with Crippen molar-refractivity contribution in [3.8, 4) is 11.8 Å². The first-order valence-corrected chi connectivity index (χ1v) is 10.8. The Bertz CT molecular complexity index is 283. The van der Waals surface area contributed by atoms with Gasteiger partial charge in [0.25, 0.3) is 0 Å². The number of rotatable bonds is 6. The summed E-state index contributed by atoms with van der Waals surface area (Å²) in [6.45, 7) is 14.1. The van der Waals surface area contributed by atoms with Crippen LogP contribution in [0.4, 0.5) is 0 Å². The molecule has 0 heterocycles. The summed E-state index contributed by atoms with van der Waals surface area (Å²) in [6, 6.07) is 0. The Morgan fingerprint density at radius 2 is 1.83 bits per heavy atom. The number of hydrogen-bond acceptors (Lipinski definition) is 1. The highest BCUT2D eigenvalue weighted by Crippen LogP contribution is 2.36. The van der Waals surface area contributed by atoms with Gasteiger partial charge in [0.15, 0.2) is 8.32 Å². The van der Waals surface area contributed by atoms with E-state index in [0.29, 0.717) is 11.4 Å². The molecule has 0 aromatic carbocycles. The Hall–Kier alpha value is 0.217. The van der Waals surface area contributed by atoms with Gasteiger partial charge in [0.1, 0.15) is 0 Å². The second kappa shape index (κ2) is 8.40. The highest BCUT2D eigenvalue weighted by Gasteiger charge is 2.36. The fourth-order valence-electron chi connectivity index (χ4n) is 1.23. The first kappa shape index (κ1) is 18.2. The van der Waals surface area contributed by atoms with Crippen LogP contribution in [0.3, 0.4) is 0 Å². The van der Waals surface area contributed by atoms with Gasteiger partial charge < -0.3 is 4.43 Å². The number of halogens is 1. The minimum Gasteiger partial charge on any atom is -0.406 e. The third-order valence-electron chi connectivity index (χ3n) is 3.63. The lowest BCUT2D eigenvalue weighted by Gasteiger charge is -2.35. The molecule has 106 valence electrons. The van der Waals surface area contributed by atoms with E-state index in [1.807, 2.05) is 0 Å². The molecule has 3 heteroatoms. The molecule has 0 fully saturated rings. The van der Waals surface area contributed by atoms with Crippen LogP contribution in [0.15, 0.2) is 0 Å². The van der Waals surface area contributed by atoms with Gasteiger partial charge in [0.2, 0.25) is 0 Å². The Kier molecular flexibility index (Phi) is 8.50. The standard InChI is InChI=1S/C15H29BrOSi/c1-7-8-9-11-14(16)12-10-13-17-18(5,6)15(2,3)4/h14H,7-9,11,13H2,1-6H3. The molecule has 0 amide bonds. The lowest BCUT2D eigenvalue weighted by Crippen LogP contribution is -2.40. The predicted octanol–water partition coefficient (Wildman–Crippen LogP) is 5.36. The van der Waals surface area contributed by atoms with Crippen molar-refractivity contribution in [1.82, 2.24) is 0 Å². The van der Waals surface area contributed by atoms with Gasteiger partial charge >= 0.3 is 0 Å². The van der Waals surface area contributed by atoms with Crippen molar-refractivity contribution in [2.24, 2.45) is 0 Å². The molecule has 0 saturated heterocycles. The molecule has 18 heavy (non-hydrogen) atoms. The van der Waals surface area contributed by atoms with Gasteiger partial charge in [-0.2, -0.15) is 0 Å². The van der Waals surface area contributed by atoms with E-state index in [4.69, 9.17) is 4.43 Å². The van der Waals surface area contributed by atoms with Crippen LogP contribution in [-0.2, 0) is 4.43 Å². The Morgan fingerprint density at radius 3 is 2.33 bits per heavy atom. The van der Waals surface area contributed by atoms with Crippen molar-refractivity contribution in [3.05, 3.63) is 0 Å². The van der Waals surface area contributed by atoms with Crippen molar-refractivity contribution < 1.29 is 4.43 Å². The normalized spacial score (nSPS) is 13.9. The quantitative estimate of drug-likeness (QED) is 0.275. The van der Waals surface area contributed by atoms with Crippen molar-refractivity contribution >= 4 is 24.2 Å². The van der Waals surface area contributed by atoms with Crippen LogP contribution >= 0.6 is 15.9 Å². The zero-order valence-electron chi connectivity index (χ0n) is 12.9. The van der Waals surface area contributed by atoms with E-state index in [1.165, 1.54) is 19.3 Å². The molecular weight excluding hydrogens is 304 g/mol. The Balaban J connectivity index is 3.98. The van der Waals surface area contributed by atoms with Gasteiger partial charge in [-0.1, -0.05) is 74.7 Å². The molecule has 0 radical (unpaired) electrons. The van der Waals surface area contributed by atoms with Gasteiger partial charge in [-0.15, -0.1) is 0 Å². The zero-order chi connectivity index (χ0) is 14.2. The van der Waals surface area contributed by atoms with Gasteiger partial charge in [-0.3, -0.25) is 0 Å². The SMILES string of the molecule is CCCCCC(Br)C#CCO[Si](C)(C)C(C)(C)C. The highest BCUT2D eigenvalue weighted by molar-refractivity contribution is 9.09. The number of unbranched alkanes of at least 4 members (excludes halogenated alkanes) is 2. The summed E-state index contributed by atoms with van der Waals surface area (Å²) in [4.78, 5) is 0.326. The molecule has 0 bridgehead atoms. The first-order chi connectivity index (χ1) is 8.20. The topological polar surface area (TPSA) is 9.23 Å². The predicted molar refractivity (Wildman–Crippen MR) is 87.8 cm³/mol. The van der Waals surface area contributed by atoms with E-state index in [1.54, 1.807) is 0 Å². The van der Waals surface area contributed by atoms with Crippen LogP contribution in [-0.4, -0.2) is 19.8 Å². The summed E-state index contributed by atoms with van der Waals surface area (Å²) in [5.41, 5.74) is 0. The summed E-state index contributed by atoms with van der Waals surface area (Å²) in [5.74, 6) is 6.39. The van der Waals surface area contributed by atoms with Crippen LogP contribution in [0.25, 0.3) is 0 Å². The van der Waals surface area contributed by atoms with Crippen LogP contribution in [0.5, 0.6) is 0 Å². The highest BCUT2D eigenvalue weighted by atomic mass is 79.9. The Labute approximate surface area is 123 Å². The Morgan fingerprint density at radius 1 is 1.22 bits per heavy atom. The van der Waals surface area contributed by atoms with Crippen molar-refractivity contribution in [2.75, 3.05) is 6.61 Å². The lowest BCUT2D eigenvalue weighted by atomic mass is 10.2. The van der Waals surface area contributed by atoms with Crippen molar-refractivity contribution in [2.45, 2.75) is 76.3 Å². The minimum absolute atomic E-state index is 0.267. The maximum atomic E-state index is 6.01. The van der Waals surface area contributed by atoms with Gasteiger partial charge in [0, 0.05) is 0 Å². The van der Waals surface area contributed by atoms with Crippen LogP contribution in [0, 0.1) is 11.8 Å². The average molecular weight is 333 g/mol. The second-order valence-electron chi connectivity index (χ2n) is 6.33. The maximum Gasteiger partial charge on any atom is 0.193 e. The van der Waals surface area contributed by atoms with Crippen LogP contribution in [0.1, 0.15) is 53.4 Å². The first-order valence-electron chi connectivity index (χ1n) is 6.97. The molecule has 0 rings (SSSR count). The molecule has 0 spiro atoms. The molecule has 1 unspecified atom stereocenters. The van der Waals surface area contributed by atoms with E-state index in [-0.39, 0.29) is 5.04 Å². The van der Waals surface area contributed by atoms with E-state index < -0.39 is 8.32 Å². The zero-order valence-corrected chi connectivity index (χ0v) is 15.5. The van der Waals surface area contributed by atoms with Gasteiger partial charge in [-0.05, 0) is 24.6 Å². The van der Waals surface area contributed by atoms with Crippen molar-refractivity contribution in [3.63, 3.8) is 0 Å². The van der Waals surface area contributed by atoms with E-state index in [9.17, 15) is 0 Å². The lowest BCUT2D eigenvalue weighted by molar-refractivity contribution is 0.334. The summed E-state index contributed by atoms with van der Waals surface area (Å²) in [5, 5.41) is 0.267. The number of alkyl halides is 1. The fourth-order valence-corrected chi connectivity index (χ4v) is 2.58. The smallest absolute Gasteiger partial charge is 0.193 e. The molecule has 0 aromatic rings. The largest absolute Gasteiger partial charge is 0.406 e. The number of hydrogen-bond donors (Lipinski definition) is 0. The van der Waals surface area contributed by atoms with E-state index in [0.717, 1.165) is 6.42 Å². The van der Waals surface area contributed by atoms with Crippen LogP contribution < -0.4 is 0 Å². The molecular formula is C15H29BrOSi. The molecule has 0 aliphatic carbocycles. The summed E-state index contributed by atoms with van der Waals surface area (Å²) in [6.07, 6.45) is 4.96. The molecule has 1 nitrogen and oxygen atoms in total. The van der Waals surface area contributed by atoms with Gasteiger partial charge in [0.05, 0.1) is 11.4 Å². The molecule has 0 aromatic heterocycles. The molecule has 1 atom stereocenters. The average Bonchev–Trinajstić information content (AvgIpc) is 2.23. The van der Waals surface area contributed by atoms with E-state index >= 15 is 0 Å². The third-order valence-corrected chi connectivity index (χ3v) is 8.80. The van der Waals surface area contributed by atoms with E-state index in [2.05, 4.69) is 68.6 Å². The molecule has 0 aliphatic heterocycles. The fraction of sp³-hybridized carbons (Fsp3) is 0.867. The maximum absolute atomic E-state index is 6.01. The summed E-state index contributed by atoms with van der Waals surface area (Å²) in [7, 11) is -1.63.